The monoisotopic (exact) mass is 303 g/mol. The number of carboxylic acids is 1. The predicted octanol–water partition coefficient (Wildman–Crippen LogP) is 2.99. The molecule has 1 unspecified atom stereocenters. The number of carboxylic acid groups (broad SMARTS) is 1. The SMILES string of the molecule is Cc1ccc(C(C)(C)C(=O)N2CCCC(C)(C(=O)O)C2)cc1. The second-order valence-corrected chi connectivity index (χ2v) is 7.19. The van der Waals surface area contributed by atoms with Gasteiger partial charge in [-0.1, -0.05) is 29.8 Å². The van der Waals surface area contributed by atoms with Crippen LogP contribution in [0.4, 0.5) is 0 Å². The summed E-state index contributed by atoms with van der Waals surface area (Å²) in [5, 5.41) is 9.41. The Morgan fingerprint density at radius 2 is 1.82 bits per heavy atom. The number of benzene rings is 1. The summed E-state index contributed by atoms with van der Waals surface area (Å²) in [6.45, 7) is 8.49. The minimum Gasteiger partial charge on any atom is -0.481 e. The van der Waals surface area contributed by atoms with E-state index in [-0.39, 0.29) is 12.5 Å². The lowest BCUT2D eigenvalue weighted by Gasteiger charge is -2.41. The van der Waals surface area contributed by atoms with Gasteiger partial charge in [0.1, 0.15) is 0 Å². The highest BCUT2D eigenvalue weighted by Gasteiger charge is 2.42. The Bertz CT molecular complexity index is 576. The van der Waals surface area contributed by atoms with Gasteiger partial charge >= 0.3 is 5.97 Å². The van der Waals surface area contributed by atoms with Crippen LogP contribution in [-0.2, 0) is 15.0 Å². The third-order valence-corrected chi connectivity index (χ3v) is 4.81. The van der Waals surface area contributed by atoms with Crippen LogP contribution in [0.5, 0.6) is 0 Å². The maximum Gasteiger partial charge on any atom is 0.311 e. The fourth-order valence-electron chi connectivity index (χ4n) is 3.08. The average molecular weight is 303 g/mol. The van der Waals surface area contributed by atoms with Crippen molar-refractivity contribution < 1.29 is 14.7 Å². The number of rotatable bonds is 3. The largest absolute Gasteiger partial charge is 0.481 e. The summed E-state index contributed by atoms with van der Waals surface area (Å²) in [7, 11) is 0. The molecule has 0 aromatic heterocycles. The number of aryl methyl sites for hydroxylation is 1. The minimum absolute atomic E-state index is 0.00327. The lowest BCUT2D eigenvalue weighted by Crippen LogP contribution is -2.52. The number of hydrogen-bond acceptors (Lipinski definition) is 2. The van der Waals surface area contributed by atoms with Crippen molar-refractivity contribution in [2.24, 2.45) is 5.41 Å². The lowest BCUT2D eigenvalue weighted by atomic mass is 9.78. The van der Waals surface area contributed by atoms with Gasteiger partial charge in [-0.25, -0.2) is 0 Å². The molecule has 1 aromatic carbocycles. The predicted molar refractivity (Wildman–Crippen MR) is 85.8 cm³/mol. The first-order valence-corrected chi connectivity index (χ1v) is 7.77. The van der Waals surface area contributed by atoms with Crippen molar-refractivity contribution in [3.8, 4) is 0 Å². The Kier molecular flexibility index (Phi) is 4.32. The molecule has 1 fully saturated rings. The van der Waals surface area contributed by atoms with Gasteiger partial charge < -0.3 is 10.0 Å². The van der Waals surface area contributed by atoms with E-state index in [1.165, 1.54) is 0 Å². The molecule has 0 aliphatic carbocycles. The van der Waals surface area contributed by atoms with Gasteiger partial charge in [-0.2, -0.15) is 0 Å². The van der Waals surface area contributed by atoms with Crippen LogP contribution in [0, 0.1) is 12.3 Å². The molecule has 0 spiro atoms. The molecular formula is C18H25NO3. The maximum absolute atomic E-state index is 12.9. The normalized spacial score (nSPS) is 22.5. The van der Waals surface area contributed by atoms with Crippen molar-refractivity contribution >= 4 is 11.9 Å². The van der Waals surface area contributed by atoms with Crippen molar-refractivity contribution in [2.45, 2.75) is 46.0 Å². The Hall–Kier alpha value is -1.84. The zero-order chi connectivity index (χ0) is 16.5. The Morgan fingerprint density at radius 3 is 2.36 bits per heavy atom. The van der Waals surface area contributed by atoms with Crippen LogP contribution in [0.15, 0.2) is 24.3 Å². The van der Waals surface area contributed by atoms with Crippen LogP contribution in [-0.4, -0.2) is 35.0 Å². The average Bonchev–Trinajstić information content (AvgIpc) is 2.46. The van der Waals surface area contributed by atoms with E-state index in [9.17, 15) is 14.7 Å². The highest BCUT2D eigenvalue weighted by atomic mass is 16.4. The van der Waals surface area contributed by atoms with Crippen molar-refractivity contribution in [1.29, 1.82) is 0 Å². The molecule has 1 heterocycles. The Labute approximate surface area is 132 Å². The van der Waals surface area contributed by atoms with Gasteiger partial charge in [0.15, 0.2) is 0 Å². The number of amides is 1. The molecule has 4 nitrogen and oxygen atoms in total. The quantitative estimate of drug-likeness (QED) is 0.934. The third kappa shape index (κ3) is 3.01. The van der Waals surface area contributed by atoms with Gasteiger partial charge in [0.2, 0.25) is 5.91 Å². The van der Waals surface area contributed by atoms with E-state index in [2.05, 4.69) is 0 Å². The first-order valence-electron chi connectivity index (χ1n) is 7.77. The van der Waals surface area contributed by atoms with Crippen molar-refractivity contribution in [3.05, 3.63) is 35.4 Å². The van der Waals surface area contributed by atoms with E-state index < -0.39 is 16.8 Å². The molecule has 4 heteroatoms. The van der Waals surface area contributed by atoms with Crippen LogP contribution in [0.2, 0.25) is 0 Å². The van der Waals surface area contributed by atoms with Crippen molar-refractivity contribution in [2.75, 3.05) is 13.1 Å². The lowest BCUT2D eigenvalue weighted by molar-refractivity contribution is -0.154. The molecule has 0 bridgehead atoms. The molecule has 120 valence electrons. The Balaban J connectivity index is 2.22. The highest BCUT2D eigenvalue weighted by molar-refractivity contribution is 5.88. The number of carbonyl (C=O) groups excluding carboxylic acids is 1. The second kappa shape index (κ2) is 5.75. The van der Waals surface area contributed by atoms with E-state index in [1.54, 1.807) is 11.8 Å². The number of carbonyl (C=O) groups is 2. The molecule has 22 heavy (non-hydrogen) atoms. The zero-order valence-electron chi connectivity index (χ0n) is 13.8. The molecule has 0 saturated carbocycles. The molecule has 1 aliphatic heterocycles. The Morgan fingerprint density at radius 1 is 1.23 bits per heavy atom. The molecule has 1 N–H and O–H groups in total. The smallest absolute Gasteiger partial charge is 0.311 e. The van der Waals surface area contributed by atoms with E-state index >= 15 is 0 Å². The molecule has 1 atom stereocenters. The van der Waals surface area contributed by atoms with Gasteiger partial charge in [-0.15, -0.1) is 0 Å². The molecular weight excluding hydrogens is 278 g/mol. The summed E-state index contributed by atoms with van der Waals surface area (Å²) in [6, 6.07) is 7.96. The third-order valence-electron chi connectivity index (χ3n) is 4.81. The van der Waals surface area contributed by atoms with Crippen molar-refractivity contribution in [1.82, 2.24) is 4.90 Å². The number of piperidine rings is 1. The number of likely N-dealkylation sites (tertiary alicyclic amines) is 1. The van der Waals surface area contributed by atoms with Gasteiger partial charge in [0.05, 0.1) is 10.8 Å². The molecule has 1 saturated heterocycles. The molecule has 1 aromatic rings. The minimum atomic E-state index is -0.836. The van der Waals surface area contributed by atoms with E-state index in [0.717, 1.165) is 17.5 Å². The second-order valence-electron chi connectivity index (χ2n) is 7.19. The molecule has 1 amide bonds. The first-order chi connectivity index (χ1) is 10.2. The van der Waals surface area contributed by atoms with Crippen LogP contribution < -0.4 is 0 Å². The first kappa shape index (κ1) is 16.5. The van der Waals surface area contributed by atoms with Gasteiger partial charge in [0, 0.05) is 13.1 Å². The number of hydrogen-bond donors (Lipinski definition) is 1. The van der Waals surface area contributed by atoms with Crippen LogP contribution in [0.1, 0.15) is 44.7 Å². The van der Waals surface area contributed by atoms with Crippen molar-refractivity contribution in [3.63, 3.8) is 0 Å². The fourth-order valence-corrected chi connectivity index (χ4v) is 3.08. The fraction of sp³-hybridized carbons (Fsp3) is 0.556. The van der Waals surface area contributed by atoms with Crippen LogP contribution in [0.3, 0.4) is 0 Å². The number of aliphatic carboxylic acids is 1. The standard InChI is InChI=1S/C18H25NO3/c1-13-6-8-14(9-7-13)17(2,3)15(20)19-11-5-10-18(4,12-19)16(21)22/h6-9H,5,10-12H2,1-4H3,(H,21,22). The van der Waals surface area contributed by atoms with Gasteiger partial charge in [-0.05, 0) is 46.1 Å². The molecule has 0 radical (unpaired) electrons. The summed E-state index contributed by atoms with van der Waals surface area (Å²) in [4.78, 5) is 26.1. The summed E-state index contributed by atoms with van der Waals surface area (Å²) >= 11 is 0. The van der Waals surface area contributed by atoms with E-state index in [0.29, 0.717) is 13.0 Å². The molecule has 1 aliphatic rings. The van der Waals surface area contributed by atoms with E-state index in [4.69, 9.17) is 0 Å². The van der Waals surface area contributed by atoms with Crippen LogP contribution >= 0.6 is 0 Å². The van der Waals surface area contributed by atoms with E-state index in [1.807, 2.05) is 45.0 Å². The highest BCUT2D eigenvalue weighted by Crippen LogP contribution is 2.33. The maximum atomic E-state index is 12.9. The summed E-state index contributed by atoms with van der Waals surface area (Å²) in [6.07, 6.45) is 1.36. The van der Waals surface area contributed by atoms with Crippen LogP contribution in [0.25, 0.3) is 0 Å². The van der Waals surface area contributed by atoms with Gasteiger partial charge in [0.25, 0.3) is 0 Å². The summed E-state index contributed by atoms with van der Waals surface area (Å²) in [5.74, 6) is -0.818. The molecule has 2 rings (SSSR count). The summed E-state index contributed by atoms with van der Waals surface area (Å²) < 4.78 is 0. The zero-order valence-corrected chi connectivity index (χ0v) is 13.8. The summed E-state index contributed by atoms with van der Waals surface area (Å²) in [5.41, 5.74) is 0.635. The van der Waals surface area contributed by atoms with Gasteiger partial charge in [-0.3, -0.25) is 9.59 Å². The topological polar surface area (TPSA) is 57.6 Å². The number of nitrogens with zero attached hydrogens (tertiary/aromatic N) is 1.